The third kappa shape index (κ3) is 3.18. The van der Waals surface area contributed by atoms with Crippen LogP contribution in [0.1, 0.15) is 48.5 Å². The van der Waals surface area contributed by atoms with Gasteiger partial charge in [0.05, 0.1) is 0 Å². The topological polar surface area (TPSA) is 83.6 Å². The summed E-state index contributed by atoms with van der Waals surface area (Å²) in [5.41, 5.74) is 1.15. The van der Waals surface area contributed by atoms with Crippen molar-refractivity contribution in [1.29, 1.82) is 0 Å². The first kappa shape index (κ1) is 14.6. The second-order valence-electron chi connectivity index (χ2n) is 5.61. The molecule has 1 aromatic rings. The molecule has 0 aliphatic heterocycles. The van der Waals surface area contributed by atoms with Gasteiger partial charge in [0.2, 0.25) is 0 Å². The molecule has 0 aromatic carbocycles. The highest BCUT2D eigenvalue weighted by Crippen LogP contribution is 2.25. The van der Waals surface area contributed by atoms with E-state index in [-0.39, 0.29) is 18.4 Å². The molecule has 0 saturated carbocycles. The van der Waals surface area contributed by atoms with E-state index in [2.05, 4.69) is 5.16 Å². The Bertz CT molecular complexity index is 507. The minimum atomic E-state index is -1.02. The number of rotatable bonds is 5. The van der Waals surface area contributed by atoms with Crippen LogP contribution in [0.25, 0.3) is 0 Å². The monoisotopic (exact) mass is 280 g/mol. The fraction of sp³-hybridized carbons (Fsp3) is 0.643. The molecule has 0 unspecified atom stereocenters. The number of carbonyl (C=O) groups is 2. The van der Waals surface area contributed by atoms with E-state index in [1.165, 1.54) is 4.90 Å². The molecule has 0 saturated heterocycles. The lowest BCUT2D eigenvalue weighted by atomic mass is 9.96. The van der Waals surface area contributed by atoms with Crippen LogP contribution in [0.5, 0.6) is 0 Å². The number of hydrogen-bond donors (Lipinski definition) is 1. The van der Waals surface area contributed by atoms with Gasteiger partial charge in [-0.2, -0.15) is 0 Å². The van der Waals surface area contributed by atoms with Gasteiger partial charge in [-0.3, -0.25) is 9.59 Å². The van der Waals surface area contributed by atoms with Crippen molar-refractivity contribution in [3.05, 3.63) is 17.0 Å². The van der Waals surface area contributed by atoms with Gasteiger partial charge in [0.1, 0.15) is 12.3 Å². The van der Waals surface area contributed by atoms with Crippen molar-refractivity contribution in [1.82, 2.24) is 10.1 Å². The molecule has 0 radical (unpaired) electrons. The maximum Gasteiger partial charge on any atom is 0.323 e. The van der Waals surface area contributed by atoms with Gasteiger partial charge in [-0.1, -0.05) is 19.0 Å². The number of fused-ring (bicyclic) bond motifs is 1. The lowest BCUT2D eigenvalue weighted by Gasteiger charge is -2.22. The second kappa shape index (κ2) is 6.07. The molecule has 6 heteroatoms. The van der Waals surface area contributed by atoms with Crippen molar-refractivity contribution in [2.24, 2.45) is 5.92 Å². The fourth-order valence-electron chi connectivity index (χ4n) is 2.53. The van der Waals surface area contributed by atoms with Crippen LogP contribution in [0, 0.1) is 5.92 Å². The molecule has 1 amide bonds. The number of aliphatic carboxylic acids is 1. The summed E-state index contributed by atoms with van der Waals surface area (Å²) in [6, 6.07) is 0. The Morgan fingerprint density at radius 2 is 2.05 bits per heavy atom. The van der Waals surface area contributed by atoms with Crippen molar-refractivity contribution in [3.8, 4) is 0 Å². The molecular formula is C14H20N2O4. The number of carbonyl (C=O) groups excluding carboxylic acids is 1. The molecular weight excluding hydrogens is 260 g/mol. The van der Waals surface area contributed by atoms with Gasteiger partial charge < -0.3 is 14.5 Å². The number of aromatic nitrogens is 1. The van der Waals surface area contributed by atoms with Gasteiger partial charge in [0.25, 0.3) is 5.91 Å². The Kier molecular flexibility index (Phi) is 4.42. The van der Waals surface area contributed by atoms with Crippen LogP contribution in [-0.4, -0.2) is 40.1 Å². The lowest BCUT2D eigenvalue weighted by molar-refractivity contribution is -0.137. The number of carboxylic acids is 1. The van der Waals surface area contributed by atoms with Crippen LogP contribution in [0.2, 0.25) is 0 Å². The number of carboxylic acid groups (broad SMARTS) is 1. The highest BCUT2D eigenvalue weighted by Gasteiger charge is 2.28. The van der Waals surface area contributed by atoms with Gasteiger partial charge in [-0.15, -0.1) is 0 Å². The number of aryl methyl sites for hydroxylation is 1. The highest BCUT2D eigenvalue weighted by molar-refractivity contribution is 5.95. The van der Waals surface area contributed by atoms with E-state index < -0.39 is 5.97 Å². The van der Waals surface area contributed by atoms with Crippen molar-refractivity contribution in [3.63, 3.8) is 0 Å². The number of nitrogens with zero attached hydrogens (tertiary/aromatic N) is 2. The lowest BCUT2D eigenvalue weighted by Crippen LogP contribution is -2.38. The molecule has 2 rings (SSSR count). The average molecular weight is 280 g/mol. The maximum atomic E-state index is 12.5. The molecule has 6 nitrogen and oxygen atoms in total. The zero-order valence-electron chi connectivity index (χ0n) is 11.9. The summed E-state index contributed by atoms with van der Waals surface area (Å²) in [5, 5.41) is 12.8. The summed E-state index contributed by atoms with van der Waals surface area (Å²) < 4.78 is 5.22. The fourth-order valence-corrected chi connectivity index (χ4v) is 2.53. The van der Waals surface area contributed by atoms with E-state index in [1.807, 2.05) is 13.8 Å². The van der Waals surface area contributed by atoms with Crippen LogP contribution < -0.4 is 0 Å². The highest BCUT2D eigenvalue weighted by atomic mass is 16.5. The Morgan fingerprint density at radius 1 is 1.35 bits per heavy atom. The Balaban J connectivity index is 2.22. The quantitative estimate of drug-likeness (QED) is 0.888. The second-order valence-corrected chi connectivity index (χ2v) is 5.61. The van der Waals surface area contributed by atoms with Crippen molar-refractivity contribution < 1.29 is 19.2 Å². The normalized spacial score (nSPS) is 14.2. The van der Waals surface area contributed by atoms with E-state index in [0.717, 1.165) is 37.0 Å². The summed E-state index contributed by atoms with van der Waals surface area (Å²) in [6.07, 6.45) is 3.64. The maximum absolute atomic E-state index is 12.5. The summed E-state index contributed by atoms with van der Waals surface area (Å²) in [6.45, 7) is 3.98. The zero-order valence-corrected chi connectivity index (χ0v) is 11.9. The Morgan fingerprint density at radius 3 is 2.70 bits per heavy atom. The first-order valence-electron chi connectivity index (χ1n) is 6.97. The van der Waals surface area contributed by atoms with Crippen LogP contribution in [-0.2, 0) is 17.6 Å². The van der Waals surface area contributed by atoms with E-state index >= 15 is 0 Å². The van der Waals surface area contributed by atoms with E-state index in [0.29, 0.717) is 12.2 Å². The van der Waals surface area contributed by atoms with Crippen LogP contribution in [0.3, 0.4) is 0 Å². The van der Waals surface area contributed by atoms with Gasteiger partial charge in [0, 0.05) is 18.5 Å². The number of amides is 1. The first-order valence-corrected chi connectivity index (χ1v) is 6.97. The molecule has 0 bridgehead atoms. The van der Waals surface area contributed by atoms with Gasteiger partial charge in [-0.25, -0.2) is 0 Å². The molecule has 1 N–H and O–H groups in total. The molecule has 1 heterocycles. The Hall–Kier alpha value is -1.85. The third-order valence-electron chi connectivity index (χ3n) is 3.35. The molecule has 0 atom stereocenters. The molecule has 1 aliphatic carbocycles. The van der Waals surface area contributed by atoms with Crippen molar-refractivity contribution >= 4 is 11.9 Å². The molecule has 0 fully saturated rings. The summed E-state index contributed by atoms with van der Waals surface area (Å²) in [5.74, 6) is -0.384. The molecule has 110 valence electrons. The minimum Gasteiger partial charge on any atom is -0.480 e. The first-order chi connectivity index (χ1) is 9.49. The van der Waals surface area contributed by atoms with Gasteiger partial charge >= 0.3 is 5.97 Å². The van der Waals surface area contributed by atoms with Crippen LogP contribution in [0.4, 0.5) is 0 Å². The minimum absolute atomic E-state index is 0.195. The SMILES string of the molecule is CC(C)CN(CC(=O)O)C(=O)c1noc2c1CCCC2. The van der Waals surface area contributed by atoms with E-state index in [4.69, 9.17) is 9.63 Å². The van der Waals surface area contributed by atoms with Crippen LogP contribution >= 0.6 is 0 Å². The molecule has 1 aliphatic rings. The predicted molar refractivity (Wildman–Crippen MR) is 71.5 cm³/mol. The molecule has 1 aromatic heterocycles. The summed E-state index contributed by atoms with van der Waals surface area (Å²) >= 11 is 0. The van der Waals surface area contributed by atoms with Crippen molar-refractivity contribution in [2.75, 3.05) is 13.1 Å². The zero-order chi connectivity index (χ0) is 14.7. The third-order valence-corrected chi connectivity index (χ3v) is 3.35. The molecule has 20 heavy (non-hydrogen) atoms. The van der Waals surface area contributed by atoms with E-state index in [1.54, 1.807) is 0 Å². The standard InChI is InChI=1S/C14H20N2O4/c1-9(2)7-16(8-12(17)18)14(19)13-10-5-3-4-6-11(10)20-15-13/h9H,3-8H2,1-2H3,(H,17,18). The summed E-state index contributed by atoms with van der Waals surface area (Å²) in [4.78, 5) is 24.7. The van der Waals surface area contributed by atoms with E-state index in [9.17, 15) is 9.59 Å². The van der Waals surface area contributed by atoms with Crippen LogP contribution in [0.15, 0.2) is 4.52 Å². The Labute approximate surface area is 117 Å². The molecule has 0 spiro atoms. The summed E-state index contributed by atoms with van der Waals surface area (Å²) in [7, 11) is 0. The van der Waals surface area contributed by atoms with Gasteiger partial charge in [0.15, 0.2) is 5.69 Å². The largest absolute Gasteiger partial charge is 0.480 e. The number of hydrogen-bond acceptors (Lipinski definition) is 4. The predicted octanol–water partition coefficient (Wildman–Crippen LogP) is 1.74. The van der Waals surface area contributed by atoms with Crippen molar-refractivity contribution in [2.45, 2.75) is 39.5 Å². The smallest absolute Gasteiger partial charge is 0.323 e. The average Bonchev–Trinajstić information content (AvgIpc) is 2.79. The van der Waals surface area contributed by atoms with Gasteiger partial charge in [-0.05, 0) is 25.2 Å².